The molecule has 6 aromatic heterocycles. The molecule has 4 atom stereocenters. The molecule has 3 N–H and O–H groups in total. The number of ether oxygens (including phenoxy) is 3. The van der Waals surface area contributed by atoms with Crippen LogP contribution in [0.5, 0.6) is 5.75 Å². The van der Waals surface area contributed by atoms with E-state index in [-0.39, 0.29) is 24.4 Å². The highest BCUT2D eigenvalue weighted by molar-refractivity contribution is 7.16. The van der Waals surface area contributed by atoms with Gasteiger partial charge in [-0.3, -0.25) is 9.78 Å². The van der Waals surface area contributed by atoms with E-state index in [1.807, 2.05) is 75.7 Å². The zero-order chi connectivity index (χ0) is 38.2. The van der Waals surface area contributed by atoms with E-state index in [1.54, 1.807) is 48.4 Å². The van der Waals surface area contributed by atoms with Crippen molar-refractivity contribution in [1.82, 2.24) is 49.9 Å². The SMILES string of the molecule is COc1ccc(Cn2cc3c(n2)C(C)OC(C)c2sc(Nc4nccc(C)n4)nc2-3)cc1.Cc1ccnc(Nc2nc3c(s2)C(C)OC(C)c2[nH]ncc2-3)n1. The van der Waals surface area contributed by atoms with Crippen LogP contribution >= 0.6 is 22.7 Å². The first-order valence-electron chi connectivity index (χ1n) is 17.8. The van der Waals surface area contributed by atoms with Gasteiger partial charge >= 0.3 is 0 Å². The van der Waals surface area contributed by atoms with Crippen molar-refractivity contribution in [1.29, 1.82) is 0 Å². The molecule has 0 amide bonds. The topological polar surface area (TPSA) is 176 Å². The van der Waals surface area contributed by atoms with Gasteiger partial charge in [0.1, 0.15) is 17.5 Å². The first-order chi connectivity index (χ1) is 26.6. The fourth-order valence-corrected chi connectivity index (χ4v) is 8.42. The molecule has 282 valence electrons. The van der Waals surface area contributed by atoms with Gasteiger partial charge in [0, 0.05) is 41.1 Å². The number of fused-ring (bicyclic) bond motifs is 6. The highest BCUT2D eigenvalue weighted by atomic mass is 32.1. The van der Waals surface area contributed by atoms with Crippen LogP contribution in [0.25, 0.3) is 22.5 Å². The number of benzene rings is 1. The van der Waals surface area contributed by atoms with Crippen molar-refractivity contribution in [2.24, 2.45) is 0 Å². The van der Waals surface area contributed by atoms with Gasteiger partial charge in [0.05, 0.1) is 65.0 Å². The van der Waals surface area contributed by atoms with Crippen molar-refractivity contribution in [2.45, 2.75) is 72.5 Å². The number of H-pyrrole nitrogens is 1. The van der Waals surface area contributed by atoms with Crippen molar-refractivity contribution in [3.63, 3.8) is 0 Å². The zero-order valence-electron chi connectivity index (χ0n) is 31.4. The summed E-state index contributed by atoms with van der Waals surface area (Å²) in [4.78, 5) is 29.0. The Balaban J connectivity index is 0.000000164. The van der Waals surface area contributed by atoms with Crippen molar-refractivity contribution < 1.29 is 14.2 Å². The molecule has 17 heteroatoms. The van der Waals surface area contributed by atoms with Crippen LogP contribution in [0.3, 0.4) is 0 Å². The van der Waals surface area contributed by atoms with E-state index in [1.165, 1.54) is 0 Å². The highest BCUT2D eigenvalue weighted by Crippen LogP contribution is 2.46. The monoisotopic (exact) mass is 776 g/mol. The second-order valence-electron chi connectivity index (χ2n) is 13.3. The Morgan fingerprint density at radius 1 is 0.745 bits per heavy atom. The van der Waals surface area contributed by atoms with Crippen LogP contribution in [-0.4, -0.2) is 57.0 Å². The first-order valence-corrected chi connectivity index (χ1v) is 19.4. The van der Waals surface area contributed by atoms with E-state index in [4.69, 9.17) is 29.3 Å². The lowest BCUT2D eigenvalue weighted by Gasteiger charge is -2.14. The standard InChI is InChI=1S/C23H24N6O2S.C15H16N6OS/c1-13-9-10-24-22(25-13)27-23-26-20-18-12-29(11-16-5-7-17(30-4)8-6-16)28-19(18)14(2)31-15(3)21(20)32-23;1-7-4-5-16-14(18-7)20-15-19-12-10-6-17-21-11(10)8(2)22-9(3)13(12)23-15/h5-10,12,14-15H,11H2,1-4H3,(H,24,25,26,27);4-6,8-9H,1-3H3,(H,17,21)(H,16,18,19,20). The molecule has 8 heterocycles. The lowest BCUT2D eigenvalue weighted by molar-refractivity contribution is 0.00738. The number of aromatic nitrogens is 10. The van der Waals surface area contributed by atoms with Crippen molar-refractivity contribution in [3.8, 4) is 28.3 Å². The number of nitrogens with one attached hydrogen (secondary N) is 3. The molecule has 0 saturated heterocycles. The van der Waals surface area contributed by atoms with Crippen LogP contribution < -0.4 is 15.4 Å². The van der Waals surface area contributed by atoms with E-state index in [0.717, 1.165) is 76.6 Å². The normalized spacial score (nSPS) is 18.4. The Morgan fingerprint density at radius 3 is 1.91 bits per heavy atom. The maximum atomic E-state index is 6.26. The van der Waals surface area contributed by atoms with Gasteiger partial charge < -0.3 is 24.8 Å². The summed E-state index contributed by atoms with van der Waals surface area (Å²) in [5.41, 5.74) is 8.60. The molecule has 4 unspecified atom stereocenters. The molecule has 0 spiro atoms. The maximum absolute atomic E-state index is 6.26. The Bertz CT molecular complexity index is 2440. The average Bonchev–Trinajstić information content (AvgIpc) is 3.96. The van der Waals surface area contributed by atoms with Gasteiger partial charge in [-0.05, 0) is 71.4 Å². The largest absolute Gasteiger partial charge is 0.497 e. The molecule has 9 rings (SSSR count). The average molecular weight is 777 g/mol. The first kappa shape index (κ1) is 36.4. The van der Waals surface area contributed by atoms with Gasteiger partial charge in [0.15, 0.2) is 10.3 Å². The molecule has 0 radical (unpaired) electrons. The maximum Gasteiger partial charge on any atom is 0.229 e. The number of thiazole rings is 2. The lowest BCUT2D eigenvalue weighted by Crippen LogP contribution is -2.06. The summed E-state index contributed by atoms with van der Waals surface area (Å²) < 4.78 is 19.5. The minimum Gasteiger partial charge on any atom is -0.497 e. The Hall–Kier alpha value is -5.62. The van der Waals surface area contributed by atoms with E-state index in [0.29, 0.717) is 18.4 Å². The molecule has 2 aliphatic heterocycles. The van der Waals surface area contributed by atoms with E-state index in [2.05, 4.69) is 53.9 Å². The summed E-state index contributed by atoms with van der Waals surface area (Å²) in [6.07, 6.45) is 7.03. The number of anilines is 4. The zero-order valence-corrected chi connectivity index (χ0v) is 33.0. The minimum atomic E-state index is -0.130. The number of rotatable bonds is 7. The molecule has 0 saturated carbocycles. The van der Waals surface area contributed by atoms with Crippen molar-refractivity contribution in [3.05, 3.63) is 99.3 Å². The Kier molecular flexibility index (Phi) is 10.1. The van der Waals surface area contributed by atoms with Gasteiger partial charge in [-0.15, -0.1) is 0 Å². The molecule has 2 aliphatic rings. The number of aromatic amines is 1. The molecule has 7 aromatic rings. The smallest absolute Gasteiger partial charge is 0.229 e. The van der Waals surface area contributed by atoms with Gasteiger partial charge in [-0.25, -0.2) is 29.9 Å². The number of nitrogens with zero attached hydrogens (tertiary/aromatic N) is 9. The second kappa shape index (κ2) is 15.3. The number of hydrogen-bond acceptors (Lipinski definition) is 15. The third-order valence-electron chi connectivity index (χ3n) is 9.15. The fourth-order valence-electron chi connectivity index (χ4n) is 6.50. The summed E-state index contributed by atoms with van der Waals surface area (Å²) in [6, 6.07) is 11.7. The third-order valence-corrected chi connectivity index (χ3v) is 11.4. The van der Waals surface area contributed by atoms with Crippen LogP contribution in [0.2, 0.25) is 0 Å². The van der Waals surface area contributed by atoms with E-state index < -0.39 is 0 Å². The number of aryl methyl sites for hydroxylation is 2. The second-order valence-corrected chi connectivity index (χ2v) is 15.3. The fraction of sp³-hybridized carbons (Fsp3) is 0.316. The van der Waals surface area contributed by atoms with Crippen LogP contribution in [0.4, 0.5) is 22.2 Å². The molecular formula is C38H40N12O3S2. The summed E-state index contributed by atoms with van der Waals surface area (Å²) >= 11 is 3.12. The molecule has 55 heavy (non-hydrogen) atoms. The molecular weight excluding hydrogens is 737 g/mol. The molecule has 0 bridgehead atoms. The lowest BCUT2D eigenvalue weighted by atomic mass is 10.1. The Morgan fingerprint density at radius 2 is 1.33 bits per heavy atom. The van der Waals surface area contributed by atoms with Crippen LogP contribution in [0.15, 0.2) is 61.2 Å². The van der Waals surface area contributed by atoms with Crippen molar-refractivity contribution >= 4 is 44.8 Å². The highest BCUT2D eigenvalue weighted by Gasteiger charge is 2.32. The molecule has 1 aromatic carbocycles. The summed E-state index contributed by atoms with van der Waals surface area (Å²) in [6.45, 7) is 12.7. The van der Waals surface area contributed by atoms with E-state index in [9.17, 15) is 0 Å². The Labute approximate surface area is 325 Å². The van der Waals surface area contributed by atoms with Crippen LogP contribution in [0, 0.1) is 13.8 Å². The predicted octanol–water partition coefficient (Wildman–Crippen LogP) is 8.59. The van der Waals surface area contributed by atoms with Gasteiger partial charge in [-0.2, -0.15) is 10.2 Å². The molecule has 0 fully saturated rings. The number of methoxy groups -OCH3 is 1. The molecule has 15 nitrogen and oxygen atoms in total. The van der Waals surface area contributed by atoms with E-state index >= 15 is 0 Å². The summed E-state index contributed by atoms with van der Waals surface area (Å²) in [5, 5.41) is 19.9. The third kappa shape index (κ3) is 7.68. The summed E-state index contributed by atoms with van der Waals surface area (Å²) in [7, 11) is 1.67. The van der Waals surface area contributed by atoms with Crippen LogP contribution in [-0.2, 0) is 16.0 Å². The van der Waals surface area contributed by atoms with Gasteiger partial charge in [-0.1, -0.05) is 34.8 Å². The van der Waals surface area contributed by atoms with Crippen molar-refractivity contribution in [2.75, 3.05) is 17.7 Å². The number of hydrogen-bond donors (Lipinski definition) is 3. The molecule has 0 aliphatic carbocycles. The summed E-state index contributed by atoms with van der Waals surface area (Å²) in [5.74, 6) is 1.92. The quantitative estimate of drug-likeness (QED) is 0.140. The van der Waals surface area contributed by atoms with Crippen LogP contribution in [0.1, 0.15) is 90.2 Å². The van der Waals surface area contributed by atoms with Gasteiger partial charge in [0.25, 0.3) is 0 Å². The minimum absolute atomic E-state index is 0.0349. The predicted molar refractivity (Wildman–Crippen MR) is 211 cm³/mol. The van der Waals surface area contributed by atoms with Gasteiger partial charge in [0.2, 0.25) is 11.9 Å².